The Balaban J connectivity index is -0.000000416. The maximum Gasteiger partial charge on any atom is 0.215 e. The zero-order chi connectivity index (χ0) is 28.3. The first kappa shape index (κ1) is 43.7. The topological polar surface area (TPSA) is 191 Å². The van der Waals surface area contributed by atoms with Crippen LogP contribution in [0.25, 0.3) is 0 Å². The molecule has 0 aliphatic rings. The standard InChI is InChI=1S/C25H54N.H3N.2H2O4S/c1-5-8-11-14-17-20-23-26(4,24-21-18-15-12-9-6-2)25-22-19-16-13-10-7-3;;2*1-5(2,3)4/h5-25H2,1-4H3;1H3;2*(H2,1,2,3,4)/q+1;;;/p-1. The van der Waals surface area contributed by atoms with E-state index in [4.69, 9.17) is 35.0 Å². The fraction of sp³-hybridized carbons (Fsp3) is 1.00. The van der Waals surface area contributed by atoms with E-state index < -0.39 is 20.8 Å². The van der Waals surface area contributed by atoms with Gasteiger partial charge in [-0.2, -0.15) is 0 Å². The van der Waals surface area contributed by atoms with Crippen molar-refractivity contribution in [1.82, 2.24) is 6.15 Å². The third-order valence-corrected chi connectivity index (χ3v) is 6.15. The van der Waals surface area contributed by atoms with Gasteiger partial charge in [-0.3, -0.25) is 9.11 Å². The molecule has 0 aromatic heterocycles. The maximum absolute atomic E-state index is 8.63. The highest BCUT2D eigenvalue weighted by molar-refractivity contribution is 7.80. The third kappa shape index (κ3) is 56.8. The van der Waals surface area contributed by atoms with Crippen molar-refractivity contribution in [2.45, 2.75) is 136 Å². The molecule has 0 radical (unpaired) electrons. The summed E-state index contributed by atoms with van der Waals surface area (Å²) in [6, 6.07) is 0. The zero-order valence-electron chi connectivity index (χ0n) is 24.5. The summed E-state index contributed by atoms with van der Waals surface area (Å²) in [6.07, 6.45) is 25.9. The molecule has 0 spiro atoms. The van der Waals surface area contributed by atoms with Gasteiger partial charge in [-0.05, 0) is 38.5 Å². The van der Waals surface area contributed by atoms with Crippen LogP contribution in [0.4, 0.5) is 0 Å². The van der Waals surface area contributed by atoms with Gasteiger partial charge in [-0.1, -0.05) is 97.8 Å². The Hall–Kier alpha value is -0.340. The van der Waals surface area contributed by atoms with E-state index in [1.165, 1.54) is 140 Å². The summed E-state index contributed by atoms with van der Waals surface area (Å²) >= 11 is 0. The Morgan fingerprint density at radius 2 is 0.649 bits per heavy atom. The first-order chi connectivity index (χ1) is 16.7. The third-order valence-electron chi connectivity index (χ3n) is 6.15. The molecule has 6 N–H and O–H groups in total. The van der Waals surface area contributed by atoms with Gasteiger partial charge < -0.3 is 19.7 Å². The lowest BCUT2D eigenvalue weighted by atomic mass is 10.1. The highest BCUT2D eigenvalue weighted by Crippen LogP contribution is 2.16. The molecule has 0 heterocycles. The molecule has 0 bridgehead atoms. The van der Waals surface area contributed by atoms with E-state index in [-0.39, 0.29) is 6.15 Å². The van der Waals surface area contributed by atoms with Gasteiger partial charge in [0.2, 0.25) is 20.8 Å². The lowest BCUT2D eigenvalue weighted by molar-refractivity contribution is -0.910. The molecule has 0 fully saturated rings. The Labute approximate surface area is 229 Å². The van der Waals surface area contributed by atoms with Crippen LogP contribution < -0.4 is 6.15 Å². The number of rotatable bonds is 21. The lowest BCUT2D eigenvalue weighted by Gasteiger charge is -2.35. The fourth-order valence-electron chi connectivity index (χ4n) is 4.16. The van der Waals surface area contributed by atoms with Crippen LogP contribution in [0, 0.1) is 0 Å². The van der Waals surface area contributed by atoms with Crippen LogP contribution in [0.1, 0.15) is 136 Å². The highest BCUT2D eigenvalue weighted by Gasteiger charge is 2.20. The van der Waals surface area contributed by atoms with Gasteiger partial charge >= 0.3 is 0 Å². The van der Waals surface area contributed by atoms with Crippen molar-refractivity contribution in [3.8, 4) is 0 Å². The van der Waals surface area contributed by atoms with Crippen LogP contribution in [-0.4, -0.2) is 66.2 Å². The van der Waals surface area contributed by atoms with E-state index in [0.717, 1.165) is 0 Å². The van der Waals surface area contributed by atoms with Gasteiger partial charge in [0, 0.05) is 0 Å². The second-order valence-electron chi connectivity index (χ2n) is 9.95. The predicted molar refractivity (Wildman–Crippen MR) is 152 cm³/mol. The molecular weight excluding hydrogens is 520 g/mol. The Morgan fingerprint density at radius 1 is 0.486 bits per heavy atom. The van der Waals surface area contributed by atoms with E-state index in [0.29, 0.717) is 0 Å². The Bertz CT molecular complexity index is 573. The van der Waals surface area contributed by atoms with Crippen molar-refractivity contribution >= 4 is 20.8 Å². The molecule has 0 saturated heterocycles. The van der Waals surface area contributed by atoms with Crippen LogP contribution in [0.3, 0.4) is 0 Å². The number of unbranched alkanes of at least 4 members (excludes halogenated alkanes) is 15. The normalized spacial score (nSPS) is 11.6. The number of quaternary nitrogens is 2. The van der Waals surface area contributed by atoms with Gasteiger partial charge in [0.1, 0.15) is 0 Å². The summed E-state index contributed by atoms with van der Waals surface area (Å²) in [6.45, 7) is 11.2. The Kier molecular flexibility index (Phi) is 33.9. The van der Waals surface area contributed by atoms with Gasteiger partial charge in [0.25, 0.3) is 0 Å². The average Bonchev–Trinajstić information content (AvgIpc) is 2.73. The van der Waals surface area contributed by atoms with E-state index in [9.17, 15) is 0 Å². The molecule has 0 aromatic rings. The van der Waals surface area contributed by atoms with Crippen molar-refractivity contribution in [3.63, 3.8) is 0 Å². The molecule has 0 aliphatic heterocycles. The molecule has 230 valence electrons. The van der Waals surface area contributed by atoms with Crippen LogP contribution in [0.15, 0.2) is 0 Å². The van der Waals surface area contributed by atoms with E-state index in [1.807, 2.05) is 0 Å². The molecule has 0 saturated carbocycles. The summed E-state index contributed by atoms with van der Waals surface area (Å²) in [4.78, 5) is 0. The second-order valence-corrected chi connectivity index (χ2v) is 11.7. The van der Waals surface area contributed by atoms with Crippen LogP contribution in [0.2, 0.25) is 0 Å². The quantitative estimate of drug-likeness (QED) is 0.0564. The molecule has 0 amide bonds. The highest BCUT2D eigenvalue weighted by atomic mass is 32.3. The summed E-state index contributed by atoms with van der Waals surface area (Å²) in [5, 5.41) is 0. The van der Waals surface area contributed by atoms with Crippen molar-refractivity contribution in [3.05, 3.63) is 0 Å². The van der Waals surface area contributed by atoms with E-state index in [1.54, 1.807) is 0 Å². The minimum atomic E-state index is -4.92. The number of hydrogen-bond donors (Lipinski definition) is 3. The molecule has 0 aliphatic carbocycles. The van der Waals surface area contributed by atoms with Crippen LogP contribution >= 0.6 is 0 Å². The first-order valence-corrected chi connectivity index (χ1v) is 16.6. The van der Waals surface area contributed by atoms with Gasteiger partial charge in [0.05, 0.1) is 26.7 Å². The van der Waals surface area contributed by atoms with E-state index >= 15 is 0 Å². The molecular formula is C25H60N2O8S2. The minimum Gasteiger partial charge on any atom is -0.726 e. The molecule has 0 unspecified atom stereocenters. The maximum atomic E-state index is 8.63. The summed E-state index contributed by atoms with van der Waals surface area (Å²) in [7, 11) is -7.27. The van der Waals surface area contributed by atoms with Crippen LogP contribution in [-0.2, 0) is 20.8 Å². The van der Waals surface area contributed by atoms with E-state index in [2.05, 4.69) is 27.8 Å². The smallest absolute Gasteiger partial charge is 0.215 e. The Morgan fingerprint density at radius 3 is 0.838 bits per heavy atom. The summed E-state index contributed by atoms with van der Waals surface area (Å²) < 4.78 is 67.0. The van der Waals surface area contributed by atoms with Gasteiger partial charge in [-0.15, -0.1) is 0 Å². The molecule has 0 aromatic carbocycles. The molecule has 0 rings (SSSR count). The van der Waals surface area contributed by atoms with Crippen molar-refractivity contribution in [1.29, 1.82) is 0 Å². The predicted octanol–water partition coefficient (Wildman–Crippen LogP) is 6.90. The molecule has 0 atom stereocenters. The zero-order valence-corrected chi connectivity index (χ0v) is 26.1. The molecule has 37 heavy (non-hydrogen) atoms. The van der Waals surface area contributed by atoms with Crippen molar-refractivity contribution < 1.29 is 39.5 Å². The first-order valence-electron chi connectivity index (χ1n) is 13.9. The SMILES string of the molecule is CCCCCCCC[N+](C)(CCCCCCCC)CCCCCCCC.O=S(=O)([O-])O.O=S(=O)([O-])O.[NH4+]. The second kappa shape index (κ2) is 28.7. The van der Waals surface area contributed by atoms with Crippen molar-refractivity contribution in [2.75, 3.05) is 26.7 Å². The number of nitrogens with zero attached hydrogens (tertiary/aromatic N) is 1. The van der Waals surface area contributed by atoms with Crippen LogP contribution in [0.5, 0.6) is 0 Å². The van der Waals surface area contributed by atoms with Gasteiger partial charge in [-0.25, -0.2) is 16.8 Å². The summed E-state index contributed by atoms with van der Waals surface area (Å²) in [5.74, 6) is 0. The van der Waals surface area contributed by atoms with Gasteiger partial charge in [0.15, 0.2) is 0 Å². The summed E-state index contributed by atoms with van der Waals surface area (Å²) in [5.41, 5.74) is 0. The molecule has 12 heteroatoms. The fourth-order valence-corrected chi connectivity index (χ4v) is 4.16. The molecule has 10 nitrogen and oxygen atoms in total. The number of hydrogen-bond acceptors (Lipinski definition) is 6. The largest absolute Gasteiger partial charge is 0.726 e. The average molecular weight is 581 g/mol. The minimum absolute atomic E-state index is 0. The van der Waals surface area contributed by atoms with Crippen molar-refractivity contribution in [2.24, 2.45) is 0 Å². The monoisotopic (exact) mass is 580 g/mol. The lowest BCUT2D eigenvalue weighted by Crippen LogP contribution is -2.46.